The van der Waals surface area contributed by atoms with Crippen LogP contribution >= 0.6 is 11.6 Å². The molecule has 2 unspecified atom stereocenters. The molecule has 1 aromatic rings. The van der Waals surface area contributed by atoms with Crippen molar-refractivity contribution in [2.75, 3.05) is 26.1 Å². The van der Waals surface area contributed by atoms with Gasteiger partial charge in [0.15, 0.2) is 0 Å². The van der Waals surface area contributed by atoms with Gasteiger partial charge < -0.3 is 20.1 Å². The number of halogens is 1. The molecule has 0 aliphatic carbocycles. The Kier molecular flexibility index (Phi) is 5.31. The molecule has 1 amide bonds. The monoisotopic (exact) mass is 312 g/mol. The number of methoxy groups -OCH3 is 2. The van der Waals surface area contributed by atoms with E-state index in [0.29, 0.717) is 28.1 Å². The number of benzene rings is 1. The van der Waals surface area contributed by atoms with E-state index < -0.39 is 0 Å². The third-order valence-corrected chi connectivity index (χ3v) is 4.01. The van der Waals surface area contributed by atoms with Crippen molar-refractivity contribution >= 4 is 23.2 Å². The Balaban J connectivity index is 2.16. The summed E-state index contributed by atoms with van der Waals surface area (Å²) in [5.41, 5.74) is 0.559. The van der Waals surface area contributed by atoms with Gasteiger partial charge in [-0.25, -0.2) is 0 Å². The number of hydrogen-bond donors (Lipinski definition) is 2. The van der Waals surface area contributed by atoms with Gasteiger partial charge >= 0.3 is 0 Å². The lowest BCUT2D eigenvalue weighted by molar-refractivity contribution is -0.119. The predicted octanol–water partition coefficient (Wildman–Crippen LogP) is 2.68. The highest BCUT2D eigenvalue weighted by Crippen LogP contribution is 2.36. The van der Waals surface area contributed by atoms with Crippen molar-refractivity contribution in [1.82, 2.24) is 5.32 Å². The zero-order valence-corrected chi connectivity index (χ0v) is 13.3. The molecule has 0 aromatic heterocycles. The Morgan fingerprint density at radius 3 is 2.67 bits per heavy atom. The van der Waals surface area contributed by atoms with Crippen molar-refractivity contribution in [2.24, 2.45) is 5.92 Å². The molecule has 1 aromatic carbocycles. The lowest BCUT2D eigenvalue weighted by Gasteiger charge is -2.27. The van der Waals surface area contributed by atoms with Gasteiger partial charge in [0.2, 0.25) is 5.91 Å². The molecule has 2 rings (SSSR count). The lowest BCUT2D eigenvalue weighted by Crippen LogP contribution is -2.45. The number of carbonyl (C=O) groups excluding carboxylic acids is 1. The molecule has 1 saturated heterocycles. The second kappa shape index (κ2) is 7.00. The van der Waals surface area contributed by atoms with Crippen LogP contribution in [0.5, 0.6) is 11.5 Å². The number of ether oxygens (including phenoxy) is 2. The number of carbonyl (C=O) groups is 1. The Hall–Kier alpha value is -1.46. The van der Waals surface area contributed by atoms with E-state index in [2.05, 4.69) is 17.6 Å². The third kappa shape index (κ3) is 3.80. The molecular weight excluding hydrogens is 292 g/mol. The number of nitrogens with one attached hydrogen (secondary N) is 2. The molecule has 1 aliphatic heterocycles. The summed E-state index contributed by atoms with van der Waals surface area (Å²) in [6.45, 7) is 3.02. The van der Waals surface area contributed by atoms with Gasteiger partial charge in [0.05, 0.1) is 31.0 Å². The molecule has 1 aliphatic rings. The maximum Gasteiger partial charge on any atom is 0.241 e. The van der Waals surface area contributed by atoms with Crippen molar-refractivity contribution in [3.05, 3.63) is 17.2 Å². The normalized spacial score (nSPS) is 21.7. The molecule has 1 heterocycles. The Morgan fingerprint density at radius 1 is 1.33 bits per heavy atom. The summed E-state index contributed by atoms with van der Waals surface area (Å²) >= 11 is 6.05. The molecule has 0 saturated carbocycles. The molecule has 5 nitrogen and oxygen atoms in total. The van der Waals surface area contributed by atoms with Crippen LogP contribution in [0.25, 0.3) is 0 Å². The van der Waals surface area contributed by atoms with E-state index in [-0.39, 0.29) is 11.9 Å². The van der Waals surface area contributed by atoms with Crippen LogP contribution < -0.4 is 20.1 Å². The second-order valence-corrected chi connectivity index (χ2v) is 5.72. The highest BCUT2D eigenvalue weighted by Gasteiger charge is 2.25. The minimum absolute atomic E-state index is 0.0655. The zero-order valence-electron chi connectivity index (χ0n) is 12.5. The van der Waals surface area contributed by atoms with E-state index in [9.17, 15) is 4.79 Å². The van der Waals surface area contributed by atoms with E-state index in [1.54, 1.807) is 12.1 Å². The fraction of sp³-hybridized carbons (Fsp3) is 0.533. The summed E-state index contributed by atoms with van der Waals surface area (Å²) in [7, 11) is 3.07. The summed E-state index contributed by atoms with van der Waals surface area (Å²) in [5.74, 6) is 1.49. The lowest BCUT2D eigenvalue weighted by atomic mass is 9.94. The Morgan fingerprint density at radius 2 is 2.05 bits per heavy atom. The fourth-order valence-corrected chi connectivity index (χ4v) is 2.72. The molecule has 21 heavy (non-hydrogen) atoms. The van der Waals surface area contributed by atoms with Crippen LogP contribution in [0.1, 0.15) is 19.8 Å². The van der Waals surface area contributed by atoms with Crippen molar-refractivity contribution in [3.63, 3.8) is 0 Å². The first-order valence-electron chi connectivity index (χ1n) is 7.01. The Labute approximate surface area is 130 Å². The minimum Gasteiger partial charge on any atom is -0.495 e. The average molecular weight is 313 g/mol. The molecule has 0 spiro atoms. The molecule has 2 N–H and O–H groups in total. The van der Waals surface area contributed by atoms with E-state index in [4.69, 9.17) is 21.1 Å². The molecule has 1 fully saturated rings. The summed E-state index contributed by atoms with van der Waals surface area (Å²) in [5, 5.41) is 6.57. The second-order valence-electron chi connectivity index (χ2n) is 5.31. The maximum atomic E-state index is 12.4. The van der Waals surface area contributed by atoms with Gasteiger partial charge in [0.25, 0.3) is 0 Å². The first-order valence-corrected chi connectivity index (χ1v) is 7.38. The standard InChI is InChI=1S/C15H21ClN2O3/c1-9-4-5-17-12(6-9)15(19)18-11-8-13(20-2)10(16)7-14(11)21-3/h7-9,12,17H,4-6H2,1-3H3,(H,18,19). The van der Waals surface area contributed by atoms with Crippen LogP contribution in [0.3, 0.4) is 0 Å². The number of anilines is 1. The van der Waals surface area contributed by atoms with Crippen LogP contribution in [0.2, 0.25) is 5.02 Å². The zero-order chi connectivity index (χ0) is 15.4. The van der Waals surface area contributed by atoms with Crippen LogP contribution in [-0.2, 0) is 4.79 Å². The van der Waals surface area contributed by atoms with Crippen molar-refractivity contribution in [3.8, 4) is 11.5 Å². The smallest absolute Gasteiger partial charge is 0.241 e. The third-order valence-electron chi connectivity index (χ3n) is 3.71. The minimum atomic E-state index is -0.180. The van der Waals surface area contributed by atoms with Gasteiger partial charge in [0.1, 0.15) is 11.5 Å². The van der Waals surface area contributed by atoms with Gasteiger partial charge in [-0.1, -0.05) is 18.5 Å². The van der Waals surface area contributed by atoms with Crippen LogP contribution in [-0.4, -0.2) is 32.7 Å². The van der Waals surface area contributed by atoms with Crippen molar-refractivity contribution < 1.29 is 14.3 Å². The fourth-order valence-electron chi connectivity index (χ4n) is 2.49. The molecule has 2 atom stereocenters. The topological polar surface area (TPSA) is 59.6 Å². The van der Waals surface area contributed by atoms with E-state index in [1.165, 1.54) is 14.2 Å². The summed E-state index contributed by atoms with van der Waals surface area (Å²) in [4.78, 5) is 12.4. The summed E-state index contributed by atoms with van der Waals surface area (Å²) in [6.07, 6.45) is 1.93. The van der Waals surface area contributed by atoms with Crippen molar-refractivity contribution in [1.29, 1.82) is 0 Å². The van der Waals surface area contributed by atoms with Gasteiger partial charge in [-0.15, -0.1) is 0 Å². The van der Waals surface area contributed by atoms with Gasteiger partial charge in [-0.2, -0.15) is 0 Å². The number of rotatable bonds is 4. The molecule has 116 valence electrons. The quantitative estimate of drug-likeness (QED) is 0.897. The summed E-state index contributed by atoms with van der Waals surface area (Å²) in [6, 6.07) is 3.12. The Bertz CT molecular complexity index is 522. The van der Waals surface area contributed by atoms with E-state index in [0.717, 1.165) is 19.4 Å². The summed E-state index contributed by atoms with van der Waals surface area (Å²) < 4.78 is 10.4. The highest BCUT2D eigenvalue weighted by molar-refractivity contribution is 6.32. The van der Waals surface area contributed by atoms with E-state index in [1.807, 2.05) is 0 Å². The first-order chi connectivity index (χ1) is 10.0. The number of amides is 1. The van der Waals surface area contributed by atoms with Gasteiger partial charge in [-0.3, -0.25) is 4.79 Å². The molecule has 0 radical (unpaired) electrons. The van der Waals surface area contributed by atoms with Crippen LogP contribution in [0.15, 0.2) is 12.1 Å². The van der Waals surface area contributed by atoms with Gasteiger partial charge in [0, 0.05) is 12.1 Å². The molecule has 6 heteroatoms. The average Bonchev–Trinajstić information content (AvgIpc) is 2.48. The molecular formula is C15H21ClN2O3. The van der Waals surface area contributed by atoms with Gasteiger partial charge in [-0.05, 0) is 25.3 Å². The van der Waals surface area contributed by atoms with Crippen molar-refractivity contribution in [2.45, 2.75) is 25.8 Å². The first kappa shape index (κ1) is 15.9. The SMILES string of the molecule is COc1cc(NC(=O)C2CC(C)CCN2)c(OC)cc1Cl. The van der Waals surface area contributed by atoms with E-state index >= 15 is 0 Å². The van der Waals surface area contributed by atoms with Crippen LogP contribution in [0, 0.1) is 5.92 Å². The predicted molar refractivity (Wildman–Crippen MR) is 83.4 cm³/mol. The van der Waals surface area contributed by atoms with Crippen LogP contribution in [0.4, 0.5) is 5.69 Å². The molecule has 0 bridgehead atoms. The number of hydrogen-bond acceptors (Lipinski definition) is 4. The maximum absolute atomic E-state index is 12.4. The highest BCUT2D eigenvalue weighted by atomic mass is 35.5. The largest absolute Gasteiger partial charge is 0.495 e. The number of piperidine rings is 1.